The monoisotopic (exact) mass is 230 g/mol. The topological polar surface area (TPSA) is 43.4 Å². The molecule has 0 radical (unpaired) electrons. The summed E-state index contributed by atoms with van der Waals surface area (Å²) < 4.78 is 4.51. The van der Waals surface area contributed by atoms with Gasteiger partial charge in [-0.05, 0) is 12.5 Å². The zero-order valence-electron chi connectivity index (χ0n) is 9.68. The van der Waals surface area contributed by atoms with Crippen molar-refractivity contribution in [3.05, 3.63) is 41.5 Å². The maximum atomic E-state index is 11.2. The molecule has 1 saturated heterocycles. The standard InChI is InChI=1S/C14H14O3/c1-10(7-11-5-3-2-4-6-11)12-8-13(15)17-14(16)9-12/h2-7,12H,8-9H2,1H3/b10-7+. The van der Waals surface area contributed by atoms with Crippen molar-refractivity contribution in [2.24, 2.45) is 5.92 Å². The summed E-state index contributed by atoms with van der Waals surface area (Å²) in [7, 11) is 0. The van der Waals surface area contributed by atoms with Crippen LogP contribution in [-0.4, -0.2) is 11.9 Å². The highest BCUT2D eigenvalue weighted by Gasteiger charge is 2.27. The SMILES string of the molecule is C/C(=C\c1ccccc1)C1CC(=O)OC(=O)C1. The number of carbonyl (C=O) groups is 2. The second-order valence-corrected chi connectivity index (χ2v) is 4.25. The first-order chi connectivity index (χ1) is 8.15. The molecular formula is C14H14O3. The fourth-order valence-corrected chi connectivity index (χ4v) is 1.94. The minimum atomic E-state index is -0.424. The molecule has 0 bridgehead atoms. The largest absolute Gasteiger partial charge is 0.393 e. The van der Waals surface area contributed by atoms with Crippen molar-refractivity contribution in [3.63, 3.8) is 0 Å². The lowest BCUT2D eigenvalue weighted by Crippen LogP contribution is -2.25. The van der Waals surface area contributed by atoms with E-state index in [0.717, 1.165) is 11.1 Å². The molecule has 0 unspecified atom stereocenters. The molecule has 0 amide bonds. The third-order valence-corrected chi connectivity index (χ3v) is 2.89. The first kappa shape index (κ1) is 11.6. The van der Waals surface area contributed by atoms with Crippen molar-refractivity contribution >= 4 is 18.0 Å². The van der Waals surface area contributed by atoms with Gasteiger partial charge < -0.3 is 4.74 Å². The van der Waals surface area contributed by atoms with E-state index < -0.39 is 11.9 Å². The summed E-state index contributed by atoms with van der Waals surface area (Å²) >= 11 is 0. The molecule has 2 rings (SSSR count). The van der Waals surface area contributed by atoms with Crippen molar-refractivity contribution < 1.29 is 14.3 Å². The molecular weight excluding hydrogens is 216 g/mol. The Bertz CT molecular complexity index is 444. The highest BCUT2D eigenvalue weighted by atomic mass is 16.6. The molecule has 0 aromatic heterocycles. The molecule has 88 valence electrons. The van der Waals surface area contributed by atoms with Crippen molar-refractivity contribution in [1.29, 1.82) is 0 Å². The number of cyclic esters (lactones) is 2. The first-order valence-electron chi connectivity index (χ1n) is 5.62. The molecule has 1 aliphatic rings. The summed E-state index contributed by atoms with van der Waals surface area (Å²) in [6.45, 7) is 1.95. The summed E-state index contributed by atoms with van der Waals surface area (Å²) in [5, 5.41) is 0. The van der Waals surface area contributed by atoms with Gasteiger partial charge >= 0.3 is 11.9 Å². The molecule has 1 aromatic rings. The number of rotatable bonds is 2. The zero-order chi connectivity index (χ0) is 12.3. The summed E-state index contributed by atoms with van der Waals surface area (Å²) in [6, 6.07) is 9.85. The van der Waals surface area contributed by atoms with Gasteiger partial charge in [0.1, 0.15) is 0 Å². The lowest BCUT2D eigenvalue weighted by Gasteiger charge is -2.20. The summed E-state index contributed by atoms with van der Waals surface area (Å²) in [5.41, 5.74) is 2.12. The number of hydrogen-bond acceptors (Lipinski definition) is 3. The molecule has 1 aromatic carbocycles. The van der Waals surface area contributed by atoms with Crippen molar-refractivity contribution in [2.45, 2.75) is 19.8 Å². The first-order valence-corrected chi connectivity index (χ1v) is 5.62. The van der Waals surface area contributed by atoms with E-state index in [4.69, 9.17) is 0 Å². The average molecular weight is 230 g/mol. The normalized spacial score (nSPS) is 18.1. The van der Waals surface area contributed by atoms with Crippen LogP contribution in [0, 0.1) is 5.92 Å². The van der Waals surface area contributed by atoms with Crippen LogP contribution in [0.3, 0.4) is 0 Å². The van der Waals surface area contributed by atoms with Crippen LogP contribution >= 0.6 is 0 Å². The Morgan fingerprint density at radius 3 is 2.35 bits per heavy atom. The van der Waals surface area contributed by atoms with Crippen LogP contribution in [-0.2, 0) is 14.3 Å². The van der Waals surface area contributed by atoms with Crippen LogP contribution in [0.25, 0.3) is 6.08 Å². The minimum Gasteiger partial charge on any atom is -0.393 e. The number of carbonyl (C=O) groups excluding carboxylic acids is 2. The van der Waals surface area contributed by atoms with Gasteiger partial charge in [-0.1, -0.05) is 42.0 Å². The van der Waals surface area contributed by atoms with Gasteiger partial charge in [0.25, 0.3) is 0 Å². The van der Waals surface area contributed by atoms with Crippen molar-refractivity contribution in [3.8, 4) is 0 Å². The van der Waals surface area contributed by atoms with E-state index in [0.29, 0.717) is 12.8 Å². The lowest BCUT2D eigenvalue weighted by atomic mass is 9.90. The van der Waals surface area contributed by atoms with Crippen LogP contribution < -0.4 is 0 Å². The molecule has 1 fully saturated rings. The van der Waals surface area contributed by atoms with E-state index in [1.807, 2.05) is 43.3 Å². The van der Waals surface area contributed by atoms with Crippen LogP contribution in [0.5, 0.6) is 0 Å². The Morgan fingerprint density at radius 2 is 1.76 bits per heavy atom. The summed E-state index contributed by atoms with van der Waals surface area (Å²) in [5.74, 6) is -0.872. The van der Waals surface area contributed by atoms with E-state index in [1.54, 1.807) is 0 Å². The summed E-state index contributed by atoms with van der Waals surface area (Å²) in [4.78, 5) is 22.3. The van der Waals surface area contributed by atoms with E-state index in [2.05, 4.69) is 4.74 Å². The number of hydrogen-bond donors (Lipinski definition) is 0. The Morgan fingerprint density at radius 1 is 1.18 bits per heavy atom. The second kappa shape index (κ2) is 4.95. The average Bonchev–Trinajstić information content (AvgIpc) is 2.29. The van der Waals surface area contributed by atoms with E-state index in [9.17, 15) is 9.59 Å². The van der Waals surface area contributed by atoms with Crippen LogP contribution in [0.15, 0.2) is 35.9 Å². The maximum Gasteiger partial charge on any atom is 0.314 e. The minimum absolute atomic E-state index is 0.0241. The lowest BCUT2D eigenvalue weighted by molar-refractivity contribution is -0.164. The predicted octanol–water partition coefficient (Wildman–Crippen LogP) is 2.57. The molecule has 0 spiro atoms. The highest BCUT2D eigenvalue weighted by Crippen LogP contribution is 2.26. The third kappa shape index (κ3) is 3.03. The maximum absolute atomic E-state index is 11.2. The van der Waals surface area contributed by atoms with E-state index >= 15 is 0 Å². The van der Waals surface area contributed by atoms with Gasteiger partial charge in [-0.25, -0.2) is 0 Å². The molecule has 1 heterocycles. The van der Waals surface area contributed by atoms with Crippen molar-refractivity contribution in [2.75, 3.05) is 0 Å². The fourth-order valence-electron chi connectivity index (χ4n) is 1.94. The number of ether oxygens (including phenoxy) is 1. The molecule has 0 aliphatic carbocycles. The molecule has 3 heteroatoms. The number of allylic oxidation sites excluding steroid dienone is 1. The smallest absolute Gasteiger partial charge is 0.314 e. The third-order valence-electron chi connectivity index (χ3n) is 2.89. The molecule has 17 heavy (non-hydrogen) atoms. The van der Waals surface area contributed by atoms with Gasteiger partial charge in [0.05, 0.1) is 12.8 Å². The van der Waals surface area contributed by atoms with Gasteiger partial charge in [-0.15, -0.1) is 0 Å². The van der Waals surface area contributed by atoms with Gasteiger partial charge in [-0.3, -0.25) is 9.59 Å². The summed E-state index contributed by atoms with van der Waals surface area (Å²) in [6.07, 6.45) is 2.60. The quantitative estimate of drug-likeness (QED) is 0.579. The van der Waals surface area contributed by atoms with E-state index in [1.165, 1.54) is 0 Å². The second-order valence-electron chi connectivity index (χ2n) is 4.25. The molecule has 0 atom stereocenters. The Balaban J connectivity index is 2.14. The van der Waals surface area contributed by atoms with Gasteiger partial charge in [0.2, 0.25) is 0 Å². The Labute approximate surface area is 100 Å². The predicted molar refractivity (Wildman–Crippen MR) is 63.9 cm³/mol. The van der Waals surface area contributed by atoms with Gasteiger partial charge in [-0.2, -0.15) is 0 Å². The van der Waals surface area contributed by atoms with Gasteiger partial charge in [0.15, 0.2) is 0 Å². The van der Waals surface area contributed by atoms with Crippen molar-refractivity contribution in [1.82, 2.24) is 0 Å². The fraction of sp³-hybridized carbons (Fsp3) is 0.286. The zero-order valence-corrected chi connectivity index (χ0v) is 9.68. The molecule has 0 saturated carbocycles. The highest BCUT2D eigenvalue weighted by molar-refractivity contribution is 5.89. The Kier molecular flexibility index (Phi) is 3.38. The van der Waals surface area contributed by atoms with Crippen LogP contribution in [0.1, 0.15) is 25.3 Å². The molecule has 3 nitrogen and oxygen atoms in total. The molecule has 0 N–H and O–H groups in total. The van der Waals surface area contributed by atoms with E-state index in [-0.39, 0.29) is 5.92 Å². The Hall–Kier alpha value is -1.90. The molecule has 1 aliphatic heterocycles. The van der Waals surface area contributed by atoms with Crippen LogP contribution in [0.2, 0.25) is 0 Å². The number of esters is 2. The van der Waals surface area contributed by atoms with Crippen LogP contribution in [0.4, 0.5) is 0 Å². The number of benzene rings is 1. The van der Waals surface area contributed by atoms with Gasteiger partial charge in [0, 0.05) is 5.92 Å².